The highest BCUT2D eigenvalue weighted by Crippen LogP contribution is 2.18. The monoisotopic (exact) mass is 470 g/mol. The zero-order valence-electron chi connectivity index (χ0n) is 19.7. The first-order valence-corrected chi connectivity index (χ1v) is 11.3. The molecule has 182 valence electrons. The van der Waals surface area contributed by atoms with E-state index in [1.165, 1.54) is 17.0 Å². The molecule has 1 aliphatic rings. The van der Waals surface area contributed by atoms with Crippen LogP contribution in [0.3, 0.4) is 0 Å². The number of benzene rings is 1. The van der Waals surface area contributed by atoms with E-state index in [1.807, 2.05) is 12.1 Å². The van der Waals surface area contributed by atoms with Crippen molar-refractivity contribution in [2.24, 2.45) is 5.92 Å². The summed E-state index contributed by atoms with van der Waals surface area (Å²) in [6.45, 7) is 5.71. The number of piperidine rings is 1. The van der Waals surface area contributed by atoms with Gasteiger partial charge in [0.1, 0.15) is 11.4 Å². The van der Waals surface area contributed by atoms with Crippen molar-refractivity contribution in [2.75, 3.05) is 20.1 Å². The van der Waals surface area contributed by atoms with Gasteiger partial charge in [-0.15, -0.1) is 0 Å². The Kier molecular flexibility index (Phi) is 8.22. The Bertz CT molecular complexity index is 1220. The Labute approximate surface area is 197 Å². The molecular formula is C25H31FN4O4. The van der Waals surface area contributed by atoms with Crippen LogP contribution in [0.2, 0.25) is 0 Å². The van der Waals surface area contributed by atoms with Crippen LogP contribution >= 0.6 is 0 Å². The molecular weight excluding hydrogens is 439 g/mol. The van der Waals surface area contributed by atoms with Crippen LogP contribution in [0.4, 0.5) is 4.39 Å². The van der Waals surface area contributed by atoms with Crippen LogP contribution in [-0.4, -0.2) is 51.6 Å². The van der Waals surface area contributed by atoms with Crippen LogP contribution in [0.5, 0.6) is 0 Å². The number of nitrogens with one attached hydrogen (secondary N) is 2. The molecule has 0 radical (unpaired) electrons. The van der Waals surface area contributed by atoms with E-state index < -0.39 is 5.97 Å². The fourth-order valence-corrected chi connectivity index (χ4v) is 4.19. The normalized spacial score (nSPS) is 15.5. The molecule has 3 heterocycles. The van der Waals surface area contributed by atoms with Gasteiger partial charge in [-0.3, -0.25) is 14.4 Å². The number of amides is 1. The van der Waals surface area contributed by atoms with Crippen LogP contribution in [0.25, 0.3) is 10.9 Å². The number of carboxylic acid groups (broad SMARTS) is 1. The van der Waals surface area contributed by atoms with Gasteiger partial charge in [0.15, 0.2) is 0 Å². The van der Waals surface area contributed by atoms with E-state index in [9.17, 15) is 14.0 Å². The number of pyridine rings is 1. The number of aromatic nitrogens is 2. The van der Waals surface area contributed by atoms with Gasteiger partial charge >= 0.3 is 0 Å². The van der Waals surface area contributed by atoms with E-state index in [1.54, 1.807) is 30.8 Å². The topological polar surface area (TPSA) is 107 Å². The lowest BCUT2D eigenvalue weighted by molar-refractivity contribution is -0.134. The van der Waals surface area contributed by atoms with Crippen molar-refractivity contribution in [3.05, 3.63) is 69.5 Å². The summed E-state index contributed by atoms with van der Waals surface area (Å²) in [4.78, 5) is 39.9. The third-order valence-corrected chi connectivity index (χ3v) is 5.83. The molecule has 0 aliphatic carbocycles. The predicted octanol–water partition coefficient (Wildman–Crippen LogP) is 3.14. The van der Waals surface area contributed by atoms with Crippen molar-refractivity contribution in [1.29, 1.82) is 0 Å². The Morgan fingerprint density at radius 2 is 2.00 bits per heavy atom. The Morgan fingerprint density at radius 3 is 2.68 bits per heavy atom. The molecule has 3 aromatic rings. The quantitative estimate of drug-likeness (QED) is 0.531. The first-order chi connectivity index (χ1) is 16.2. The van der Waals surface area contributed by atoms with E-state index in [2.05, 4.69) is 10.3 Å². The summed E-state index contributed by atoms with van der Waals surface area (Å²) >= 11 is 0. The average molecular weight is 471 g/mol. The zero-order chi connectivity index (χ0) is 24.8. The second-order valence-corrected chi connectivity index (χ2v) is 8.75. The number of hydrogen-bond donors (Lipinski definition) is 3. The minimum absolute atomic E-state index is 0.214. The summed E-state index contributed by atoms with van der Waals surface area (Å²) in [7, 11) is 1.68. The van der Waals surface area contributed by atoms with Gasteiger partial charge in [-0.1, -0.05) is 0 Å². The Morgan fingerprint density at radius 1 is 1.26 bits per heavy atom. The number of carbonyl (C=O) groups is 2. The number of carboxylic acids is 1. The molecule has 1 fully saturated rings. The van der Waals surface area contributed by atoms with Gasteiger partial charge in [-0.2, -0.15) is 0 Å². The lowest BCUT2D eigenvalue weighted by Crippen LogP contribution is -2.38. The van der Waals surface area contributed by atoms with Crippen LogP contribution < -0.4 is 10.9 Å². The molecule has 1 aliphatic heterocycles. The fourth-order valence-electron chi connectivity index (χ4n) is 4.19. The SMILES string of the molecule is CC(=O)O.Cc1ccn(CC2CCCNC2)c(=O)c1C(=O)N(C)Cc1cc2cc(F)ccc2[nH]1. The molecule has 9 heteroatoms. The number of rotatable bonds is 5. The highest BCUT2D eigenvalue weighted by atomic mass is 19.1. The van der Waals surface area contributed by atoms with Crippen molar-refractivity contribution in [1.82, 2.24) is 19.8 Å². The maximum Gasteiger partial charge on any atom is 0.300 e. The van der Waals surface area contributed by atoms with Crippen LogP contribution in [0.1, 0.15) is 41.4 Å². The van der Waals surface area contributed by atoms with Crippen molar-refractivity contribution < 1.29 is 19.1 Å². The average Bonchev–Trinajstić information content (AvgIpc) is 3.17. The van der Waals surface area contributed by atoms with Gasteiger partial charge in [0, 0.05) is 43.3 Å². The molecule has 34 heavy (non-hydrogen) atoms. The number of aliphatic carboxylic acids is 1. The minimum atomic E-state index is -0.833. The first-order valence-electron chi connectivity index (χ1n) is 11.3. The van der Waals surface area contributed by atoms with Gasteiger partial charge in [0.2, 0.25) is 0 Å². The highest BCUT2D eigenvalue weighted by molar-refractivity contribution is 5.95. The lowest BCUT2D eigenvalue weighted by atomic mass is 9.99. The summed E-state index contributed by atoms with van der Waals surface area (Å²) in [5.41, 5.74) is 2.25. The third-order valence-electron chi connectivity index (χ3n) is 5.83. The van der Waals surface area contributed by atoms with Gasteiger partial charge in [-0.05, 0) is 74.7 Å². The van der Waals surface area contributed by atoms with Crippen molar-refractivity contribution in [3.8, 4) is 0 Å². The molecule has 1 atom stereocenters. The van der Waals surface area contributed by atoms with Gasteiger partial charge in [0.25, 0.3) is 17.4 Å². The maximum atomic E-state index is 13.4. The minimum Gasteiger partial charge on any atom is -0.481 e. The number of fused-ring (bicyclic) bond motifs is 1. The molecule has 3 N–H and O–H groups in total. The summed E-state index contributed by atoms with van der Waals surface area (Å²) in [5.74, 6) is -1.05. The summed E-state index contributed by atoms with van der Waals surface area (Å²) in [6, 6.07) is 8.20. The van der Waals surface area contributed by atoms with E-state index in [4.69, 9.17) is 9.90 Å². The van der Waals surface area contributed by atoms with Crippen molar-refractivity contribution >= 4 is 22.8 Å². The van der Waals surface area contributed by atoms with Crippen molar-refractivity contribution in [2.45, 2.75) is 39.8 Å². The number of hydrogen-bond acceptors (Lipinski definition) is 4. The number of H-pyrrole nitrogens is 1. The second-order valence-electron chi connectivity index (χ2n) is 8.75. The molecule has 1 amide bonds. The summed E-state index contributed by atoms with van der Waals surface area (Å²) < 4.78 is 15.1. The van der Waals surface area contributed by atoms with E-state index in [-0.39, 0.29) is 22.8 Å². The molecule has 8 nitrogen and oxygen atoms in total. The Hall–Kier alpha value is -3.46. The molecule has 0 spiro atoms. The highest BCUT2D eigenvalue weighted by Gasteiger charge is 2.22. The number of nitrogens with zero attached hydrogens (tertiary/aromatic N) is 2. The lowest BCUT2D eigenvalue weighted by Gasteiger charge is -2.24. The van der Waals surface area contributed by atoms with Gasteiger partial charge in [-0.25, -0.2) is 4.39 Å². The Balaban J connectivity index is 0.000000751. The molecule has 1 saturated heterocycles. The molecule has 2 aromatic heterocycles. The molecule has 1 unspecified atom stereocenters. The van der Waals surface area contributed by atoms with Crippen LogP contribution in [-0.2, 0) is 17.9 Å². The summed E-state index contributed by atoms with van der Waals surface area (Å²) in [5, 5.41) is 11.5. The number of carbonyl (C=O) groups excluding carboxylic acids is 1. The molecule has 4 rings (SSSR count). The number of aryl methyl sites for hydroxylation is 1. The zero-order valence-corrected chi connectivity index (χ0v) is 19.7. The molecule has 1 aromatic carbocycles. The summed E-state index contributed by atoms with van der Waals surface area (Å²) in [6.07, 6.45) is 3.97. The van der Waals surface area contributed by atoms with Gasteiger partial charge in [0.05, 0.1) is 6.54 Å². The standard InChI is InChI=1S/C23H27FN4O2.C2H4O2/c1-15-7-9-28(13-16-4-3-8-25-12-16)23(30)21(15)22(29)27(2)14-19-11-17-10-18(24)5-6-20(17)26-19;1-2(3)4/h5-7,9-11,16,25-26H,3-4,8,12-14H2,1-2H3;1H3,(H,3,4). The van der Waals surface area contributed by atoms with Crippen LogP contribution in [0, 0.1) is 18.7 Å². The van der Waals surface area contributed by atoms with E-state index >= 15 is 0 Å². The van der Waals surface area contributed by atoms with Crippen molar-refractivity contribution in [3.63, 3.8) is 0 Å². The smallest absolute Gasteiger partial charge is 0.300 e. The first kappa shape index (κ1) is 25.2. The molecule has 0 bridgehead atoms. The number of aromatic amines is 1. The second kappa shape index (κ2) is 11.1. The van der Waals surface area contributed by atoms with E-state index in [0.717, 1.165) is 49.5 Å². The largest absolute Gasteiger partial charge is 0.481 e. The van der Waals surface area contributed by atoms with Crippen LogP contribution in [0.15, 0.2) is 41.3 Å². The third kappa shape index (κ3) is 6.32. The predicted molar refractivity (Wildman–Crippen MR) is 128 cm³/mol. The maximum absolute atomic E-state index is 13.4. The number of halogens is 1. The fraction of sp³-hybridized carbons (Fsp3) is 0.400. The van der Waals surface area contributed by atoms with E-state index in [0.29, 0.717) is 24.6 Å². The molecule has 0 saturated carbocycles. The van der Waals surface area contributed by atoms with Gasteiger partial charge < -0.3 is 24.9 Å².